The van der Waals surface area contributed by atoms with Gasteiger partial charge in [0.15, 0.2) is 0 Å². The van der Waals surface area contributed by atoms with E-state index in [4.69, 9.17) is 4.98 Å². The molecule has 0 atom stereocenters. The topological polar surface area (TPSA) is 58.4 Å². The van der Waals surface area contributed by atoms with Crippen LogP contribution in [0.25, 0.3) is 11.0 Å². The summed E-state index contributed by atoms with van der Waals surface area (Å²) in [5.41, 5.74) is 2.21. The summed E-state index contributed by atoms with van der Waals surface area (Å²) < 4.78 is 2.11. The molecule has 3 rings (SSSR count). The molecule has 5 heteroatoms. The maximum atomic E-state index is 11.5. The van der Waals surface area contributed by atoms with Crippen LogP contribution in [0.5, 0.6) is 0 Å². The van der Waals surface area contributed by atoms with E-state index in [1.165, 1.54) is 38.5 Å². The number of benzene rings is 1. The molecule has 1 N–H and O–H groups in total. The largest absolute Gasteiger partial charge is 0.331 e. The monoisotopic (exact) mass is 327 g/mol. The van der Waals surface area contributed by atoms with Gasteiger partial charge in [0.05, 0.1) is 16.7 Å². The number of nitrogens with zero attached hydrogens (tertiary/aromatic N) is 3. The molecular formula is C19H25N3O2. The highest BCUT2D eigenvalue weighted by molar-refractivity contribution is 6.00. The average Bonchev–Trinajstić information content (AvgIpc) is 2.94. The molecule has 0 spiro atoms. The minimum atomic E-state index is -0.553. The van der Waals surface area contributed by atoms with E-state index < -0.39 is 5.91 Å². The molecule has 1 aliphatic rings. The number of aryl methyl sites for hydroxylation is 2. The van der Waals surface area contributed by atoms with E-state index in [2.05, 4.69) is 11.1 Å². The molecule has 0 bridgehead atoms. The average molecular weight is 327 g/mol. The maximum absolute atomic E-state index is 11.5. The third-order valence-electron chi connectivity index (χ3n) is 5.09. The lowest BCUT2D eigenvalue weighted by Crippen LogP contribution is -2.24. The van der Waals surface area contributed by atoms with Crippen molar-refractivity contribution in [1.82, 2.24) is 9.55 Å². The minimum Gasteiger partial charge on any atom is -0.331 e. The van der Waals surface area contributed by atoms with Gasteiger partial charge in [-0.1, -0.05) is 38.7 Å². The first-order chi connectivity index (χ1) is 11.6. The number of anilines is 1. The number of hydrogen-bond donors (Lipinski definition) is 1. The summed E-state index contributed by atoms with van der Waals surface area (Å²) >= 11 is 0. The molecule has 0 saturated heterocycles. The summed E-state index contributed by atoms with van der Waals surface area (Å²) in [7, 11) is 2.02. The number of hydrogen-bond acceptors (Lipinski definition) is 3. The maximum Gasteiger partial charge on any atom is 0.274 e. The van der Waals surface area contributed by atoms with Crippen LogP contribution < -0.4 is 5.06 Å². The SMILES string of the molecule is C=CC(=O)N(O)c1ccc2c(c1)nc(CCC1CCCCC1)n2C. The van der Waals surface area contributed by atoms with Crippen LogP contribution in [0.3, 0.4) is 0 Å². The summed E-state index contributed by atoms with van der Waals surface area (Å²) in [5, 5.41) is 10.5. The van der Waals surface area contributed by atoms with Crippen LogP contribution in [0.2, 0.25) is 0 Å². The fraction of sp³-hybridized carbons (Fsp3) is 0.474. The second-order valence-corrected chi connectivity index (χ2v) is 6.66. The van der Waals surface area contributed by atoms with Crippen molar-refractivity contribution in [2.75, 3.05) is 5.06 Å². The molecule has 5 nitrogen and oxygen atoms in total. The first-order valence-electron chi connectivity index (χ1n) is 8.71. The van der Waals surface area contributed by atoms with Crippen LogP contribution in [0, 0.1) is 5.92 Å². The van der Waals surface area contributed by atoms with Crippen LogP contribution in [0.1, 0.15) is 44.3 Å². The van der Waals surface area contributed by atoms with Crippen LogP contribution in [-0.2, 0) is 18.3 Å². The van der Waals surface area contributed by atoms with Gasteiger partial charge in [-0.15, -0.1) is 0 Å². The van der Waals surface area contributed by atoms with Crippen molar-refractivity contribution < 1.29 is 10.0 Å². The Labute approximate surface area is 142 Å². The van der Waals surface area contributed by atoms with Crippen molar-refractivity contribution in [3.63, 3.8) is 0 Å². The fourth-order valence-corrected chi connectivity index (χ4v) is 3.62. The zero-order valence-electron chi connectivity index (χ0n) is 14.2. The molecule has 2 aromatic rings. The Morgan fingerprint density at radius 2 is 2.17 bits per heavy atom. The van der Waals surface area contributed by atoms with Gasteiger partial charge >= 0.3 is 0 Å². The number of hydroxylamine groups is 1. The summed E-state index contributed by atoms with van der Waals surface area (Å²) in [6.45, 7) is 3.39. The van der Waals surface area contributed by atoms with E-state index in [-0.39, 0.29) is 0 Å². The van der Waals surface area contributed by atoms with Crippen molar-refractivity contribution in [1.29, 1.82) is 0 Å². The summed E-state index contributed by atoms with van der Waals surface area (Å²) in [6, 6.07) is 5.35. The van der Waals surface area contributed by atoms with Crippen LogP contribution >= 0.6 is 0 Å². The van der Waals surface area contributed by atoms with Gasteiger partial charge in [0.2, 0.25) is 0 Å². The predicted octanol–water partition coefficient (Wildman–Crippen LogP) is 3.99. The Hall–Kier alpha value is -2.14. The van der Waals surface area contributed by atoms with E-state index in [1.54, 1.807) is 12.1 Å². The molecule has 1 aliphatic carbocycles. The second kappa shape index (κ2) is 7.18. The van der Waals surface area contributed by atoms with Gasteiger partial charge in [-0.3, -0.25) is 10.0 Å². The van der Waals surface area contributed by atoms with E-state index in [1.807, 2.05) is 13.1 Å². The lowest BCUT2D eigenvalue weighted by molar-refractivity contribution is -0.118. The highest BCUT2D eigenvalue weighted by atomic mass is 16.5. The molecule has 24 heavy (non-hydrogen) atoms. The molecule has 1 fully saturated rings. The number of aromatic nitrogens is 2. The number of imidazole rings is 1. The van der Waals surface area contributed by atoms with E-state index >= 15 is 0 Å². The summed E-state index contributed by atoms with van der Waals surface area (Å²) in [6.07, 6.45) is 10.0. The zero-order chi connectivity index (χ0) is 17.1. The van der Waals surface area contributed by atoms with Crippen molar-refractivity contribution in [2.45, 2.75) is 44.9 Å². The van der Waals surface area contributed by atoms with Crippen LogP contribution in [0.4, 0.5) is 5.69 Å². The van der Waals surface area contributed by atoms with E-state index in [9.17, 15) is 10.0 Å². The lowest BCUT2D eigenvalue weighted by atomic mass is 9.86. The molecule has 0 unspecified atom stereocenters. The molecule has 1 aromatic carbocycles. The first-order valence-corrected chi connectivity index (χ1v) is 8.71. The van der Waals surface area contributed by atoms with Crippen LogP contribution in [-0.4, -0.2) is 20.7 Å². The van der Waals surface area contributed by atoms with Crippen molar-refractivity contribution in [3.8, 4) is 0 Å². The second-order valence-electron chi connectivity index (χ2n) is 6.66. The molecule has 1 amide bonds. The van der Waals surface area contributed by atoms with Gasteiger partial charge in [0.1, 0.15) is 5.82 Å². The van der Waals surface area contributed by atoms with Gasteiger partial charge in [-0.25, -0.2) is 4.98 Å². The summed E-state index contributed by atoms with van der Waals surface area (Å²) in [5.74, 6) is 1.34. The van der Waals surface area contributed by atoms with Crippen molar-refractivity contribution >= 4 is 22.6 Å². The molecular weight excluding hydrogens is 302 g/mol. The quantitative estimate of drug-likeness (QED) is 0.513. The highest BCUT2D eigenvalue weighted by Gasteiger charge is 2.16. The van der Waals surface area contributed by atoms with Crippen molar-refractivity contribution in [2.24, 2.45) is 13.0 Å². The molecule has 1 heterocycles. The molecule has 1 saturated carbocycles. The normalized spacial score (nSPS) is 15.6. The third-order valence-corrected chi connectivity index (χ3v) is 5.09. The molecule has 0 aliphatic heterocycles. The van der Waals surface area contributed by atoms with E-state index in [0.29, 0.717) is 10.8 Å². The molecule has 128 valence electrons. The smallest absolute Gasteiger partial charge is 0.274 e. The number of fused-ring (bicyclic) bond motifs is 1. The summed E-state index contributed by atoms with van der Waals surface area (Å²) in [4.78, 5) is 16.2. The minimum absolute atomic E-state index is 0.407. The Morgan fingerprint density at radius 1 is 1.42 bits per heavy atom. The predicted molar refractivity (Wildman–Crippen MR) is 95.1 cm³/mol. The van der Waals surface area contributed by atoms with E-state index in [0.717, 1.165) is 35.3 Å². The zero-order valence-corrected chi connectivity index (χ0v) is 14.2. The molecule has 1 aromatic heterocycles. The number of carbonyl (C=O) groups excluding carboxylic acids is 1. The Kier molecular flexibility index (Phi) is 5.00. The number of carbonyl (C=O) groups is 1. The van der Waals surface area contributed by atoms with Gasteiger partial charge in [0, 0.05) is 13.5 Å². The standard InChI is InChI=1S/C19H25N3O2/c1-3-19(23)22(24)15-10-11-17-16(13-15)20-18(21(17)2)12-9-14-7-5-4-6-8-14/h3,10-11,13-14,24H,1,4-9,12H2,2H3. The number of rotatable bonds is 5. The van der Waals surface area contributed by atoms with Gasteiger partial charge in [0.25, 0.3) is 5.91 Å². The van der Waals surface area contributed by atoms with Gasteiger partial charge in [-0.05, 0) is 36.6 Å². The van der Waals surface area contributed by atoms with Gasteiger partial charge in [-0.2, -0.15) is 5.06 Å². The Morgan fingerprint density at radius 3 is 2.88 bits per heavy atom. The van der Waals surface area contributed by atoms with Gasteiger partial charge < -0.3 is 4.57 Å². The van der Waals surface area contributed by atoms with Crippen molar-refractivity contribution in [3.05, 3.63) is 36.7 Å². The third kappa shape index (κ3) is 3.36. The highest BCUT2D eigenvalue weighted by Crippen LogP contribution is 2.28. The fourth-order valence-electron chi connectivity index (χ4n) is 3.62. The first kappa shape index (κ1) is 16.7. The lowest BCUT2D eigenvalue weighted by Gasteiger charge is -2.21. The van der Waals surface area contributed by atoms with Crippen LogP contribution in [0.15, 0.2) is 30.9 Å². The number of amides is 1. The Balaban J connectivity index is 1.78. The molecule has 0 radical (unpaired) electrons. The Bertz CT molecular complexity index is 744.